The minimum atomic E-state index is -0.557. The summed E-state index contributed by atoms with van der Waals surface area (Å²) in [7, 11) is 1.73. The van der Waals surface area contributed by atoms with Crippen molar-refractivity contribution in [3.63, 3.8) is 0 Å². The Kier molecular flexibility index (Phi) is 5.59. The number of aryl methyl sites for hydroxylation is 1. The summed E-state index contributed by atoms with van der Waals surface area (Å²) in [6.45, 7) is 1.78. The SMILES string of the molecule is CC(NC(=O)c1cc(-c2ccc(Cl)cc2)nn(-c2cnn(C)c2)c1=O)c1ccncn1. The second-order valence-electron chi connectivity index (χ2n) is 6.87. The fourth-order valence-electron chi connectivity index (χ4n) is 3.02. The Labute approximate surface area is 182 Å². The fourth-order valence-corrected chi connectivity index (χ4v) is 3.14. The molecule has 31 heavy (non-hydrogen) atoms. The number of carbonyl (C=O) groups excluding carboxylic acids is 1. The van der Waals surface area contributed by atoms with Gasteiger partial charge in [0.25, 0.3) is 11.5 Å². The Hall–Kier alpha value is -3.85. The van der Waals surface area contributed by atoms with E-state index in [2.05, 4.69) is 25.5 Å². The van der Waals surface area contributed by atoms with Gasteiger partial charge in [-0.15, -0.1) is 0 Å². The molecule has 1 aromatic carbocycles. The lowest BCUT2D eigenvalue weighted by molar-refractivity contribution is 0.0937. The first kappa shape index (κ1) is 20.4. The first-order valence-electron chi connectivity index (χ1n) is 9.38. The van der Waals surface area contributed by atoms with E-state index < -0.39 is 17.5 Å². The van der Waals surface area contributed by atoms with Crippen LogP contribution in [0.15, 0.2) is 66.1 Å². The second kappa shape index (κ2) is 8.49. The van der Waals surface area contributed by atoms with Gasteiger partial charge in [-0.05, 0) is 31.2 Å². The highest BCUT2D eigenvalue weighted by atomic mass is 35.5. The highest BCUT2D eigenvalue weighted by molar-refractivity contribution is 6.30. The van der Waals surface area contributed by atoms with Crippen LogP contribution >= 0.6 is 11.6 Å². The number of aromatic nitrogens is 6. The Morgan fingerprint density at radius 1 is 1.19 bits per heavy atom. The molecular weight excluding hydrogens is 418 g/mol. The monoisotopic (exact) mass is 435 g/mol. The van der Waals surface area contributed by atoms with Crippen LogP contribution in [0.3, 0.4) is 0 Å². The van der Waals surface area contributed by atoms with Gasteiger partial charge in [0.1, 0.15) is 17.6 Å². The summed E-state index contributed by atoms with van der Waals surface area (Å²) < 4.78 is 2.72. The van der Waals surface area contributed by atoms with Crippen LogP contribution in [-0.2, 0) is 7.05 Å². The predicted octanol–water partition coefficient (Wildman–Crippen LogP) is 2.57. The van der Waals surface area contributed by atoms with E-state index in [1.807, 2.05) is 0 Å². The van der Waals surface area contributed by atoms with Crippen LogP contribution in [0, 0.1) is 0 Å². The Bertz CT molecular complexity index is 1280. The van der Waals surface area contributed by atoms with Crippen LogP contribution in [0.25, 0.3) is 16.9 Å². The largest absolute Gasteiger partial charge is 0.344 e. The fraction of sp³-hybridized carbons (Fsp3) is 0.143. The molecule has 3 aromatic heterocycles. The van der Waals surface area contributed by atoms with Crippen molar-refractivity contribution in [1.82, 2.24) is 34.8 Å². The Morgan fingerprint density at radius 2 is 1.97 bits per heavy atom. The van der Waals surface area contributed by atoms with E-state index >= 15 is 0 Å². The summed E-state index contributed by atoms with van der Waals surface area (Å²) in [5.74, 6) is -0.536. The van der Waals surface area contributed by atoms with E-state index in [9.17, 15) is 9.59 Å². The second-order valence-corrected chi connectivity index (χ2v) is 7.31. The summed E-state index contributed by atoms with van der Waals surface area (Å²) in [5.41, 5.74) is 1.62. The maximum atomic E-state index is 13.1. The molecule has 0 fully saturated rings. The van der Waals surface area contributed by atoms with Gasteiger partial charge in [0.2, 0.25) is 0 Å². The van der Waals surface area contributed by atoms with Crippen LogP contribution in [0.4, 0.5) is 0 Å². The maximum absolute atomic E-state index is 13.1. The zero-order valence-electron chi connectivity index (χ0n) is 16.7. The summed E-state index contributed by atoms with van der Waals surface area (Å²) in [4.78, 5) is 34.2. The molecular formula is C21H18ClN7O2. The number of carbonyl (C=O) groups is 1. The number of halogens is 1. The van der Waals surface area contributed by atoms with E-state index in [1.165, 1.54) is 23.3 Å². The Balaban J connectivity index is 1.78. The number of amides is 1. The lowest BCUT2D eigenvalue weighted by Gasteiger charge is -2.14. The molecule has 1 amide bonds. The summed E-state index contributed by atoms with van der Waals surface area (Å²) >= 11 is 5.99. The third kappa shape index (κ3) is 4.36. The van der Waals surface area contributed by atoms with Crippen molar-refractivity contribution in [3.05, 3.63) is 87.9 Å². The van der Waals surface area contributed by atoms with E-state index in [4.69, 9.17) is 11.6 Å². The highest BCUT2D eigenvalue weighted by Gasteiger charge is 2.20. The average molecular weight is 436 g/mol. The summed E-state index contributed by atoms with van der Waals surface area (Å²) in [6, 6.07) is 9.73. The molecule has 0 radical (unpaired) electrons. The minimum absolute atomic E-state index is 0.0512. The molecule has 9 nitrogen and oxygen atoms in total. The summed E-state index contributed by atoms with van der Waals surface area (Å²) in [6.07, 6.45) is 6.14. The molecule has 1 atom stereocenters. The normalized spacial score (nSPS) is 11.8. The molecule has 0 saturated carbocycles. The lowest BCUT2D eigenvalue weighted by Crippen LogP contribution is -2.35. The molecule has 0 bridgehead atoms. The zero-order chi connectivity index (χ0) is 22.0. The molecule has 0 saturated heterocycles. The first-order chi connectivity index (χ1) is 14.9. The molecule has 0 aliphatic rings. The first-order valence-corrected chi connectivity index (χ1v) is 9.76. The molecule has 0 spiro atoms. The predicted molar refractivity (Wildman–Crippen MR) is 115 cm³/mol. The van der Waals surface area contributed by atoms with Gasteiger partial charge >= 0.3 is 0 Å². The molecule has 10 heteroatoms. The zero-order valence-corrected chi connectivity index (χ0v) is 17.5. The van der Waals surface area contributed by atoms with Gasteiger partial charge in [-0.25, -0.2) is 9.97 Å². The van der Waals surface area contributed by atoms with Crippen LogP contribution in [0.5, 0.6) is 0 Å². The van der Waals surface area contributed by atoms with E-state index in [1.54, 1.807) is 61.4 Å². The molecule has 0 aliphatic heterocycles. The van der Waals surface area contributed by atoms with Gasteiger partial charge in [-0.1, -0.05) is 23.7 Å². The number of rotatable bonds is 5. The van der Waals surface area contributed by atoms with Crippen molar-refractivity contribution in [2.45, 2.75) is 13.0 Å². The standard InChI is InChI=1S/C21H18ClN7O2/c1-13(18-7-8-23-12-24-18)26-20(30)17-9-19(14-3-5-15(22)6-4-14)27-29(21(17)31)16-10-25-28(2)11-16/h3-13H,1-2H3,(H,26,30). The molecule has 1 unspecified atom stereocenters. The van der Waals surface area contributed by atoms with E-state index in [-0.39, 0.29) is 5.56 Å². The third-order valence-electron chi connectivity index (χ3n) is 4.63. The molecule has 4 rings (SSSR count). The van der Waals surface area contributed by atoms with Crippen molar-refractivity contribution in [3.8, 4) is 16.9 Å². The highest BCUT2D eigenvalue weighted by Crippen LogP contribution is 2.20. The van der Waals surface area contributed by atoms with Crippen molar-refractivity contribution in [1.29, 1.82) is 0 Å². The van der Waals surface area contributed by atoms with Crippen LogP contribution in [0.1, 0.15) is 29.0 Å². The van der Waals surface area contributed by atoms with Gasteiger partial charge in [-0.3, -0.25) is 14.3 Å². The van der Waals surface area contributed by atoms with Crippen LogP contribution < -0.4 is 10.9 Å². The topological polar surface area (TPSA) is 108 Å². The number of hydrogen-bond donors (Lipinski definition) is 1. The lowest BCUT2D eigenvalue weighted by atomic mass is 10.1. The van der Waals surface area contributed by atoms with Gasteiger partial charge in [0.05, 0.1) is 29.8 Å². The molecule has 0 aliphatic carbocycles. The van der Waals surface area contributed by atoms with Gasteiger partial charge in [0, 0.05) is 23.8 Å². The number of hydrogen-bond acceptors (Lipinski definition) is 6. The average Bonchev–Trinajstić information content (AvgIpc) is 3.21. The number of nitrogens with one attached hydrogen (secondary N) is 1. The van der Waals surface area contributed by atoms with Crippen molar-refractivity contribution in [2.75, 3.05) is 0 Å². The van der Waals surface area contributed by atoms with E-state index in [0.29, 0.717) is 27.7 Å². The van der Waals surface area contributed by atoms with Crippen molar-refractivity contribution >= 4 is 17.5 Å². The smallest absolute Gasteiger partial charge is 0.284 e. The van der Waals surface area contributed by atoms with E-state index in [0.717, 1.165) is 0 Å². The number of nitrogens with zero attached hydrogens (tertiary/aromatic N) is 6. The molecule has 156 valence electrons. The third-order valence-corrected chi connectivity index (χ3v) is 4.88. The number of benzene rings is 1. The summed E-state index contributed by atoms with van der Waals surface area (Å²) in [5, 5.41) is 11.9. The van der Waals surface area contributed by atoms with Gasteiger partial charge < -0.3 is 5.32 Å². The molecule has 3 heterocycles. The van der Waals surface area contributed by atoms with Crippen LogP contribution in [0.2, 0.25) is 5.02 Å². The quantitative estimate of drug-likeness (QED) is 0.516. The maximum Gasteiger partial charge on any atom is 0.284 e. The molecule has 4 aromatic rings. The van der Waals surface area contributed by atoms with Gasteiger partial charge in [-0.2, -0.15) is 14.9 Å². The van der Waals surface area contributed by atoms with Crippen molar-refractivity contribution < 1.29 is 4.79 Å². The minimum Gasteiger partial charge on any atom is -0.344 e. The van der Waals surface area contributed by atoms with Crippen molar-refractivity contribution in [2.24, 2.45) is 7.05 Å². The van der Waals surface area contributed by atoms with Crippen LogP contribution in [-0.4, -0.2) is 35.4 Å². The molecule has 1 N–H and O–H groups in total. The Morgan fingerprint density at radius 3 is 2.61 bits per heavy atom. The van der Waals surface area contributed by atoms with Gasteiger partial charge in [0.15, 0.2) is 0 Å².